The molecule has 18 heavy (non-hydrogen) atoms. The highest BCUT2D eigenvalue weighted by Crippen LogP contribution is 2.09. The van der Waals surface area contributed by atoms with Crippen molar-refractivity contribution < 1.29 is 4.79 Å². The zero-order chi connectivity index (χ0) is 13.5. The second kappa shape index (κ2) is 7.11. The first-order valence-corrected chi connectivity index (χ1v) is 6.52. The standard InChI is InChI=1S/C14H20N2OS/c1-10-5-3-4-6-12(10)7-8-13(17)16-9-11(2)14(15)18/h3-6,11H,7-9H2,1-2H3,(H2,15,18)(H,16,17). The van der Waals surface area contributed by atoms with Crippen LogP contribution in [-0.4, -0.2) is 17.4 Å². The van der Waals surface area contributed by atoms with Crippen molar-refractivity contribution in [3.05, 3.63) is 35.4 Å². The lowest BCUT2D eigenvalue weighted by atomic mass is 10.0. The van der Waals surface area contributed by atoms with E-state index in [1.54, 1.807) is 0 Å². The quantitative estimate of drug-likeness (QED) is 0.772. The van der Waals surface area contributed by atoms with Crippen molar-refractivity contribution in [2.45, 2.75) is 26.7 Å². The molecule has 0 aliphatic heterocycles. The summed E-state index contributed by atoms with van der Waals surface area (Å²) in [5, 5.41) is 2.85. The van der Waals surface area contributed by atoms with Gasteiger partial charge in [-0.3, -0.25) is 4.79 Å². The van der Waals surface area contributed by atoms with E-state index in [2.05, 4.69) is 24.4 Å². The fourth-order valence-corrected chi connectivity index (χ4v) is 1.68. The minimum atomic E-state index is 0.0429. The number of thiocarbonyl (C=S) groups is 1. The van der Waals surface area contributed by atoms with E-state index in [0.29, 0.717) is 18.0 Å². The van der Waals surface area contributed by atoms with Crippen molar-refractivity contribution in [2.24, 2.45) is 11.7 Å². The second-order valence-electron chi connectivity index (χ2n) is 4.53. The molecule has 1 aromatic carbocycles. The average Bonchev–Trinajstić information content (AvgIpc) is 2.34. The van der Waals surface area contributed by atoms with Gasteiger partial charge in [0.1, 0.15) is 0 Å². The monoisotopic (exact) mass is 264 g/mol. The van der Waals surface area contributed by atoms with Gasteiger partial charge in [-0.05, 0) is 24.5 Å². The third-order valence-corrected chi connectivity index (χ3v) is 3.38. The maximum absolute atomic E-state index is 11.7. The van der Waals surface area contributed by atoms with Crippen LogP contribution in [-0.2, 0) is 11.2 Å². The lowest BCUT2D eigenvalue weighted by Gasteiger charge is -2.11. The molecule has 0 aliphatic rings. The first kappa shape index (κ1) is 14.6. The molecule has 1 unspecified atom stereocenters. The number of hydrogen-bond donors (Lipinski definition) is 2. The lowest BCUT2D eigenvalue weighted by Crippen LogP contribution is -2.33. The number of nitrogens with two attached hydrogens (primary N) is 1. The summed E-state index contributed by atoms with van der Waals surface area (Å²) in [6.07, 6.45) is 1.26. The zero-order valence-electron chi connectivity index (χ0n) is 10.9. The zero-order valence-corrected chi connectivity index (χ0v) is 11.7. The van der Waals surface area contributed by atoms with Gasteiger partial charge in [-0.1, -0.05) is 43.4 Å². The van der Waals surface area contributed by atoms with Crippen LogP contribution in [0.5, 0.6) is 0 Å². The Kier molecular flexibility index (Phi) is 5.78. The topological polar surface area (TPSA) is 55.1 Å². The lowest BCUT2D eigenvalue weighted by molar-refractivity contribution is -0.121. The highest BCUT2D eigenvalue weighted by molar-refractivity contribution is 7.80. The molecule has 1 atom stereocenters. The number of carbonyl (C=O) groups is 1. The number of benzene rings is 1. The number of amides is 1. The van der Waals surface area contributed by atoms with Gasteiger partial charge in [-0.25, -0.2) is 0 Å². The van der Waals surface area contributed by atoms with Crippen LogP contribution in [0.3, 0.4) is 0 Å². The molecule has 0 bridgehead atoms. The molecule has 0 saturated heterocycles. The summed E-state index contributed by atoms with van der Waals surface area (Å²) in [7, 11) is 0. The molecule has 0 radical (unpaired) electrons. The van der Waals surface area contributed by atoms with Crippen LogP contribution >= 0.6 is 12.2 Å². The molecule has 0 aliphatic carbocycles. The Hall–Kier alpha value is -1.42. The summed E-state index contributed by atoms with van der Waals surface area (Å²) < 4.78 is 0. The van der Waals surface area contributed by atoms with Crippen molar-refractivity contribution in [1.29, 1.82) is 0 Å². The Balaban J connectivity index is 2.34. The summed E-state index contributed by atoms with van der Waals surface area (Å²) in [5.74, 6) is 0.0868. The number of carbonyl (C=O) groups excluding carboxylic acids is 1. The van der Waals surface area contributed by atoms with Gasteiger partial charge in [0.25, 0.3) is 0 Å². The van der Waals surface area contributed by atoms with Crippen molar-refractivity contribution in [1.82, 2.24) is 5.32 Å². The molecule has 0 saturated carbocycles. The molecule has 98 valence electrons. The second-order valence-corrected chi connectivity index (χ2v) is 5.01. The predicted octanol–water partition coefficient (Wildman–Crippen LogP) is 1.97. The molecule has 1 amide bonds. The van der Waals surface area contributed by atoms with Crippen LogP contribution in [0.25, 0.3) is 0 Å². The van der Waals surface area contributed by atoms with Crippen molar-refractivity contribution >= 4 is 23.1 Å². The highest BCUT2D eigenvalue weighted by Gasteiger charge is 2.08. The SMILES string of the molecule is Cc1ccccc1CCC(=O)NCC(C)C(N)=S. The Morgan fingerprint density at radius 3 is 2.72 bits per heavy atom. The molecule has 3 nitrogen and oxygen atoms in total. The fraction of sp³-hybridized carbons (Fsp3) is 0.429. The molecule has 0 fully saturated rings. The molecule has 0 heterocycles. The molecular weight excluding hydrogens is 244 g/mol. The van der Waals surface area contributed by atoms with Gasteiger partial charge in [-0.15, -0.1) is 0 Å². The smallest absolute Gasteiger partial charge is 0.220 e. The number of aryl methyl sites for hydroxylation is 2. The molecule has 0 aromatic heterocycles. The molecular formula is C14H20N2OS. The molecule has 1 rings (SSSR count). The molecule has 1 aromatic rings. The van der Waals surface area contributed by atoms with E-state index in [1.165, 1.54) is 11.1 Å². The van der Waals surface area contributed by atoms with Gasteiger partial charge in [0, 0.05) is 18.9 Å². The predicted molar refractivity (Wildman–Crippen MR) is 78.5 cm³/mol. The van der Waals surface area contributed by atoms with E-state index in [0.717, 1.165) is 6.42 Å². The summed E-state index contributed by atoms with van der Waals surface area (Å²) >= 11 is 4.85. The van der Waals surface area contributed by atoms with Gasteiger partial charge >= 0.3 is 0 Å². The summed E-state index contributed by atoms with van der Waals surface area (Å²) in [6, 6.07) is 8.11. The third-order valence-electron chi connectivity index (χ3n) is 2.97. The van der Waals surface area contributed by atoms with E-state index in [1.807, 2.05) is 19.1 Å². The Morgan fingerprint density at radius 1 is 1.44 bits per heavy atom. The van der Waals surface area contributed by atoms with E-state index in [-0.39, 0.29) is 11.8 Å². The highest BCUT2D eigenvalue weighted by atomic mass is 32.1. The minimum Gasteiger partial charge on any atom is -0.393 e. The molecule has 3 N–H and O–H groups in total. The van der Waals surface area contributed by atoms with Crippen molar-refractivity contribution in [2.75, 3.05) is 6.54 Å². The Bertz CT molecular complexity index is 432. The summed E-state index contributed by atoms with van der Waals surface area (Å²) in [6.45, 7) is 4.48. The first-order valence-electron chi connectivity index (χ1n) is 6.11. The van der Waals surface area contributed by atoms with Gasteiger partial charge in [-0.2, -0.15) is 0 Å². The van der Waals surface area contributed by atoms with Crippen LogP contribution in [0, 0.1) is 12.8 Å². The van der Waals surface area contributed by atoms with E-state index >= 15 is 0 Å². The number of hydrogen-bond acceptors (Lipinski definition) is 2. The van der Waals surface area contributed by atoms with Gasteiger partial charge < -0.3 is 11.1 Å². The number of rotatable bonds is 6. The van der Waals surface area contributed by atoms with E-state index in [9.17, 15) is 4.79 Å². The first-order chi connectivity index (χ1) is 8.50. The maximum atomic E-state index is 11.7. The normalized spacial score (nSPS) is 11.9. The average molecular weight is 264 g/mol. The Morgan fingerprint density at radius 2 is 2.11 bits per heavy atom. The largest absolute Gasteiger partial charge is 0.393 e. The van der Waals surface area contributed by atoms with Crippen LogP contribution in [0.4, 0.5) is 0 Å². The van der Waals surface area contributed by atoms with Crippen LogP contribution < -0.4 is 11.1 Å². The number of nitrogens with one attached hydrogen (secondary N) is 1. The van der Waals surface area contributed by atoms with Crippen LogP contribution in [0.2, 0.25) is 0 Å². The summed E-state index contributed by atoms with van der Waals surface area (Å²) in [5.41, 5.74) is 7.93. The summed E-state index contributed by atoms with van der Waals surface area (Å²) in [4.78, 5) is 12.1. The molecule has 4 heteroatoms. The minimum absolute atomic E-state index is 0.0429. The van der Waals surface area contributed by atoms with E-state index < -0.39 is 0 Å². The van der Waals surface area contributed by atoms with E-state index in [4.69, 9.17) is 18.0 Å². The van der Waals surface area contributed by atoms with Crippen molar-refractivity contribution in [3.63, 3.8) is 0 Å². The van der Waals surface area contributed by atoms with Crippen molar-refractivity contribution in [3.8, 4) is 0 Å². The van der Waals surface area contributed by atoms with Gasteiger partial charge in [0.05, 0.1) is 4.99 Å². The van der Waals surface area contributed by atoms with Crippen LogP contribution in [0.1, 0.15) is 24.5 Å². The maximum Gasteiger partial charge on any atom is 0.220 e. The van der Waals surface area contributed by atoms with Crippen LogP contribution in [0.15, 0.2) is 24.3 Å². The fourth-order valence-electron chi connectivity index (χ4n) is 1.59. The van der Waals surface area contributed by atoms with Gasteiger partial charge in [0.2, 0.25) is 5.91 Å². The Labute approximate surface area is 114 Å². The third kappa shape index (κ3) is 4.84. The molecule has 0 spiro atoms. The van der Waals surface area contributed by atoms with Gasteiger partial charge in [0.15, 0.2) is 0 Å².